The Labute approximate surface area is 100 Å². The zero-order valence-electron chi connectivity index (χ0n) is 10.1. The Bertz CT molecular complexity index is 513. The molecular weight excluding hydrogens is 214 g/mol. The number of aryl methyl sites for hydroxylation is 1. The molecule has 1 saturated heterocycles. The molecule has 0 aromatic carbocycles. The SMILES string of the molecule is Cc1cc2nnc(CC3CCNCC3)n2cn1. The Morgan fingerprint density at radius 2 is 2.18 bits per heavy atom. The molecular formula is C12H17N5. The predicted molar refractivity (Wildman–Crippen MR) is 64.8 cm³/mol. The average molecular weight is 231 g/mol. The number of piperidine rings is 1. The van der Waals surface area contributed by atoms with Crippen molar-refractivity contribution in [3.8, 4) is 0 Å². The summed E-state index contributed by atoms with van der Waals surface area (Å²) in [7, 11) is 0. The van der Waals surface area contributed by atoms with Gasteiger partial charge in [0.05, 0.1) is 0 Å². The maximum Gasteiger partial charge on any atom is 0.163 e. The Morgan fingerprint density at radius 1 is 1.35 bits per heavy atom. The highest BCUT2D eigenvalue weighted by atomic mass is 15.3. The molecule has 0 bridgehead atoms. The summed E-state index contributed by atoms with van der Waals surface area (Å²) in [6.07, 6.45) is 5.30. The molecule has 0 amide bonds. The van der Waals surface area contributed by atoms with Crippen LogP contribution in [0, 0.1) is 12.8 Å². The van der Waals surface area contributed by atoms with Crippen LogP contribution in [0.5, 0.6) is 0 Å². The lowest BCUT2D eigenvalue weighted by Crippen LogP contribution is -2.29. The molecule has 1 aliphatic heterocycles. The number of nitrogens with one attached hydrogen (secondary N) is 1. The molecule has 3 heterocycles. The van der Waals surface area contributed by atoms with Crippen molar-refractivity contribution in [2.45, 2.75) is 26.2 Å². The molecule has 5 nitrogen and oxygen atoms in total. The summed E-state index contributed by atoms with van der Waals surface area (Å²) in [5.74, 6) is 1.77. The van der Waals surface area contributed by atoms with Crippen LogP contribution in [0.4, 0.5) is 0 Å². The molecule has 0 aliphatic carbocycles. The molecule has 2 aromatic rings. The summed E-state index contributed by atoms with van der Waals surface area (Å²) in [6.45, 7) is 4.22. The van der Waals surface area contributed by atoms with Crippen molar-refractivity contribution >= 4 is 5.65 Å². The van der Waals surface area contributed by atoms with Gasteiger partial charge in [-0.25, -0.2) is 4.98 Å². The van der Waals surface area contributed by atoms with Gasteiger partial charge in [0.1, 0.15) is 12.2 Å². The first-order valence-corrected chi connectivity index (χ1v) is 6.20. The van der Waals surface area contributed by atoms with Gasteiger partial charge in [0.15, 0.2) is 5.65 Å². The lowest BCUT2D eigenvalue weighted by atomic mass is 9.94. The predicted octanol–water partition coefficient (Wildman–Crippen LogP) is 0.975. The summed E-state index contributed by atoms with van der Waals surface area (Å²) in [6, 6.07) is 1.97. The summed E-state index contributed by atoms with van der Waals surface area (Å²) >= 11 is 0. The van der Waals surface area contributed by atoms with E-state index in [4.69, 9.17) is 0 Å². The normalized spacial score (nSPS) is 17.7. The molecule has 90 valence electrons. The Hall–Kier alpha value is -1.49. The van der Waals surface area contributed by atoms with Crippen LogP contribution >= 0.6 is 0 Å². The lowest BCUT2D eigenvalue weighted by molar-refractivity contribution is 0.366. The molecule has 1 aliphatic rings. The highest BCUT2D eigenvalue weighted by Gasteiger charge is 2.16. The topological polar surface area (TPSA) is 55.1 Å². The standard InChI is InChI=1S/C12H17N5/c1-9-6-11-15-16-12(17(11)8-14-9)7-10-2-4-13-5-3-10/h6,8,10,13H,2-5,7H2,1H3. The second-order valence-corrected chi connectivity index (χ2v) is 4.77. The molecule has 0 unspecified atom stereocenters. The minimum Gasteiger partial charge on any atom is -0.317 e. The van der Waals surface area contributed by atoms with Crippen molar-refractivity contribution in [1.82, 2.24) is 24.9 Å². The van der Waals surface area contributed by atoms with Crippen LogP contribution in [-0.2, 0) is 6.42 Å². The van der Waals surface area contributed by atoms with E-state index in [0.29, 0.717) is 0 Å². The van der Waals surface area contributed by atoms with Crippen LogP contribution in [0.15, 0.2) is 12.4 Å². The van der Waals surface area contributed by atoms with E-state index in [1.54, 1.807) is 0 Å². The maximum absolute atomic E-state index is 4.30. The molecule has 1 N–H and O–H groups in total. The molecule has 0 saturated carbocycles. The molecule has 0 spiro atoms. The lowest BCUT2D eigenvalue weighted by Gasteiger charge is -2.21. The van der Waals surface area contributed by atoms with Gasteiger partial charge >= 0.3 is 0 Å². The Balaban J connectivity index is 1.84. The van der Waals surface area contributed by atoms with Gasteiger partial charge in [-0.15, -0.1) is 10.2 Å². The monoisotopic (exact) mass is 231 g/mol. The first-order chi connectivity index (χ1) is 8.33. The van der Waals surface area contributed by atoms with E-state index in [1.165, 1.54) is 12.8 Å². The van der Waals surface area contributed by atoms with Crippen molar-refractivity contribution in [3.05, 3.63) is 23.9 Å². The second-order valence-electron chi connectivity index (χ2n) is 4.77. The smallest absolute Gasteiger partial charge is 0.163 e. The molecule has 2 aromatic heterocycles. The van der Waals surface area contributed by atoms with Crippen molar-refractivity contribution in [2.24, 2.45) is 5.92 Å². The molecule has 17 heavy (non-hydrogen) atoms. The minimum absolute atomic E-state index is 0.727. The van der Waals surface area contributed by atoms with Gasteiger partial charge in [0.25, 0.3) is 0 Å². The summed E-state index contributed by atoms with van der Waals surface area (Å²) < 4.78 is 2.01. The average Bonchev–Trinajstić information content (AvgIpc) is 2.73. The first kappa shape index (κ1) is 10.7. The maximum atomic E-state index is 4.30. The summed E-state index contributed by atoms with van der Waals surface area (Å²) in [5, 5.41) is 11.9. The van der Waals surface area contributed by atoms with Gasteiger partial charge in [-0.05, 0) is 38.8 Å². The number of rotatable bonds is 2. The molecule has 3 rings (SSSR count). The van der Waals surface area contributed by atoms with Crippen molar-refractivity contribution in [1.29, 1.82) is 0 Å². The number of nitrogens with zero attached hydrogens (tertiary/aromatic N) is 4. The quantitative estimate of drug-likeness (QED) is 0.837. The van der Waals surface area contributed by atoms with Crippen molar-refractivity contribution in [3.63, 3.8) is 0 Å². The largest absolute Gasteiger partial charge is 0.317 e. The van der Waals surface area contributed by atoms with Gasteiger partial charge < -0.3 is 5.32 Å². The van der Waals surface area contributed by atoms with E-state index in [-0.39, 0.29) is 0 Å². The Morgan fingerprint density at radius 3 is 3.00 bits per heavy atom. The summed E-state index contributed by atoms with van der Waals surface area (Å²) in [4.78, 5) is 4.30. The van der Waals surface area contributed by atoms with Crippen molar-refractivity contribution < 1.29 is 0 Å². The highest BCUT2D eigenvalue weighted by Crippen LogP contribution is 2.17. The number of fused-ring (bicyclic) bond motifs is 1. The van der Waals surface area contributed by atoms with E-state index in [0.717, 1.165) is 42.6 Å². The van der Waals surface area contributed by atoms with Crippen LogP contribution in [0.3, 0.4) is 0 Å². The van der Waals surface area contributed by atoms with Crippen LogP contribution < -0.4 is 5.32 Å². The van der Waals surface area contributed by atoms with Crippen LogP contribution in [0.2, 0.25) is 0 Å². The van der Waals surface area contributed by atoms with Gasteiger partial charge in [-0.1, -0.05) is 0 Å². The highest BCUT2D eigenvalue weighted by molar-refractivity contribution is 5.38. The fraction of sp³-hybridized carbons (Fsp3) is 0.583. The molecule has 5 heteroatoms. The van der Waals surface area contributed by atoms with Gasteiger partial charge in [0, 0.05) is 18.2 Å². The number of hydrogen-bond donors (Lipinski definition) is 1. The fourth-order valence-corrected chi connectivity index (χ4v) is 2.42. The second kappa shape index (κ2) is 4.41. The Kier molecular flexibility index (Phi) is 2.76. The zero-order valence-corrected chi connectivity index (χ0v) is 10.1. The zero-order chi connectivity index (χ0) is 11.7. The van der Waals surface area contributed by atoms with Gasteiger partial charge in [0.2, 0.25) is 0 Å². The number of aromatic nitrogens is 4. The van der Waals surface area contributed by atoms with E-state index in [2.05, 4.69) is 20.5 Å². The molecule has 0 atom stereocenters. The third-order valence-corrected chi connectivity index (χ3v) is 3.44. The summed E-state index contributed by atoms with van der Waals surface area (Å²) in [5.41, 5.74) is 1.89. The van der Waals surface area contributed by atoms with E-state index >= 15 is 0 Å². The van der Waals surface area contributed by atoms with Gasteiger partial charge in [-0.2, -0.15) is 0 Å². The fourth-order valence-electron chi connectivity index (χ4n) is 2.42. The minimum atomic E-state index is 0.727. The molecule has 0 radical (unpaired) electrons. The molecule has 1 fully saturated rings. The van der Waals surface area contributed by atoms with E-state index < -0.39 is 0 Å². The van der Waals surface area contributed by atoms with Crippen molar-refractivity contribution in [2.75, 3.05) is 13.1 Å². The van der Waals surface area contributed by atoms with Crippen LogP contribution in [-0.4, -0.2) is 32.7 Å². The van der Waals surface area contributed by atoms with Crippen LogP contribution in [0.1, 0.15) is 24.4 Å². The van der Waals surface area contributed by atoms with E-state index in [9.17, 15) is 0 Å². The van der Waals surface area contributed by atoms with Crippen LogP contribution in [0.25, 0.3) is 5.65 Å². The third-order valence-electron chi connectivity index (χ3n) is 3.44. The number of hydrogen-bond acceptors (Lipinski definition) is 4. The van der Waals surface area contributed by atoms with Gasteiger partial charge in [-0.3, -0.25) is 4.40 Å². The first-order valence-electron chi connectivity index (χ1n) is 6.20. The third kappa shape index (κ3) is 2.15. The van der Waals surface area contributed by atoms with E-state index in [1.807, 2.05) is 23.7 Å².